The fourth-order valence-corrected chi connectivity index (χ4v) is 1.25. The van der Waals surface area contributed by atoms with E-state index in [4.69, 9.17) is 0 Å². The molecule has 0 aromatic heterocycles. The summed E-state index contributed by atoms with van der Waals surface area (Å²) in [5, 5.41) is 1.76. The molecule has 0 saturated heterocycles. The Bertz CT molecular complexity index is 568. The van der Waals surface area contributed by atoms with E-state index in [1.807, 2.05) is 0 Å². The summed E-state index contributed by atoms with van der Waals surface area (Å²) in [6.45, 7) is 1.00. The lowest BCUT2D eigenvalue weighted by molar-refractivity contribution is -0.150. The molecule has 0 bridgehead atoms. The van der Waals surface area contributed by atoms with Gasteiger partial charge >= 0.3 is 12.1 Å². The smallest absolute Gasteiger partial charge is 0.424 e. The molecule has 0 aliphatic carbocycles. The van der Waals surface area contributed by atoms with Gasteiger partial charge in [-0.25, -0.2) is 18.0 Å². The van der Waals surface area contributed by atoms with Crippen molar-refractivity contribution in [3.05, 3.63) is 41.4 Å². The second-order valence-corrected chi connectivity index (χ2v) is 3.64. The molecule has 0 aliphatic rings. The Morgan fingerprint density at radius 3 is 2.38 bits per heavy atom. The molecule has 0 spiro atoms. The number of rotatable bonds is 4. The van der Waals surface area contributed by atoms with E-state index in [9.17, 15) is 31.1 Å². The fraction of sp³-hybridized carbons (Fsp3) is 0.250. The van der Waals surface area contributed by atoms with Gasteiger partial charge in [-0.1, -0.05) is 0 Å². The van der Waals surface area contributed by atoms with Crippen molar-refractivity contribution in [3.63, 3.8) is 0 Å². The van der Waals surface area contributed by atoms with Gasteiger partial charge in [0.1, 0.15) is 0 Å². The number of nitrogens with one attached hydrogen (secondary N) is 1. The number of alkyl halides is 3. The number of anilines is 1. The lowest BCUT2D eigenvalue weighted by Gasteiger charge is -2.11. The van der Waals surface area contributed by atoms with E-state index < -0.39 is 40.9 Å². The zero-order valence-electron chi connectivity index (χ0n) is 10.5. The first-order valence-corrected chi connectivity index (χ1v) is 5.53. The topological polar surface area (TPSA) is 38.3 Å². The largest absolute Gasteiger partial charge is 0.462 e. The lowest BCUT2D eigenvalue weighted by Crippen LogP contribution is -2.23. The molecule has 0 fully saturated rings. The molecule has 1 aromatic carbocycles. The lowest BCUT2D eigenvalue weighted by atomic mass is 10.2. The van der Waals surface area contributed by atoms with Gasteiger partial charge in [-0.3, -0.25) is 0 Å². The number of ether oxygens (including phenoxy) is 1. The van der Waals surface area contributed by atoms with Crippen molar-refractivity contribution in [2.45, 2.75) is 13.1 Å². The van der Waals surface area contributed by atoms with E-state index in [2.05, 4.69) is 4.74 Å². The number of hydrogen-bond acceptors (Lipinski definition) is 3. The summed E-state index contributed by atoms with van der Waals surface area (Å²) >= 11 is 0. The van der Waals surface area contributed by atoms with Crippen LogP contribution in [-0.2, 0) is 9.53 Å². The summed E-state index contributed by atoms with van der Waals surface area (Å²) in [4.78, 5) is 11.1. The van der Waals surface area contributed by atoms with Crippen LogP contribution in [0.15, 0.2) is 23.9 Å². The van der Waals surface area contributed by atoms with Crippen LogP contribution in [0.4, 0.5) is 32.0 Å². The predicted molar refractivity (Wildman–Crippen MR) is 60.7 cm³/mol. The molecule has 0 atom stereocenters. The highest BCUT2D eigenvalue weighted by Crippen LogP contribution is 2.27. The number of hydrogen-bond donors (Lipinski definition) is 1. The van der Waals surface area contributed by atoms with Crippen molar-refractivity contribution >= 4 is 11.7 Å². The molecule has 9 heteroatoms. The summed E-state index contributed by atoms with van der Waals surface area (Å²) in [6.07, 6.45) is -4.94. The van der Waals surface area contributed by atoms with Crippen molar-refractivity contribution in [2.24, 2.45) is 0 Å². The molecule has 0 aliphatic heterocycles. The van der Waals surface area contributed by atoms with Gasteiger partial charge in [0, 0.05) is 6.20 Å². The molecule has 0 radical (unpaired) electrons. The third-order valence-electron chi connectivity index (χ3n) is 2.21. The van der Waals surface area contributed by atoms with Gasteiger partial charge < -0.3 is 10.1 Å². The van der Waals surface area contributed by atoms with Crippen LogP contribution in [0.1, 0.15) is 6.92 Å². The van der Waals surface area contributed by atoms with Crippen molar-refractivity contribution in [2.75, 3.05) is 11.9 Å². The Morgan fingerprint density at radius 1 is 1.24 bits per heavy atom. The van der Waals surface area contributed by atoms with Crippen LogP contribution in [0.3, 0.4) is 0 Å². The molecule has 21 heavy (non-hydrogen) atoms. The van der Waals surface area contributed by atoms with E-state index in [0.29, 0.717) is 12.1 Å². The maximum Gasteiger partial charge on any atom is 0.424 e. The molecular weight excluding hydrogens is 304 g/mol. The maximum atomic E-state index is 13.3. The molecular formula is C12H9F6NO2. The first-order valence-electron chi connectivity index (χ1n) is 5.53. The fourth-order valence-electron chi connectivity index (χ4n) is 1.25. The van der Waals surface area contributed by atoms with Gasteiger partial charge in [0.2, 0.25) is 0 Å². The molecule has 0 saturated carbocycles. The minimum Gasteiger partial charge on any atom is -0.462 e. The molecule has 0 unspecified atom stereocenters. The van der Waals surface area contributed by atoms with Crippen LogP contribution in [0.25, 0.3) is 0 Å². The minimum absolute atomic E-state index is 0.119. The Morgan fingerprint density at radius 2 is 1.86 bits per heavy atom. The van der Waals surface area contributed by atoms with Gasteiger partial charge in [-0.15, -0.1) is 0 Å². The van der Waals surface area contributed by atoms with Crippen LogP contribution >= 0.6 is 0 Å². The number of benzene rings is 1. The molecule has 116 valence electrons. The molecule has 0 amide bonds. The number of carbonyl (C=O) groups excluding carboxylic acids is 1. The molecule has 1 aromatic rings. The summed E-state index contributed by atoms with van der Waals surface area (Å²) in [7, 11) is 0. The van der Waals surface area contributed by atoms with Gasteiger partial charge in [-0.05, 0) is 19.1 Å². The standard InChI is InChI=1S/C12H9F6NO2/c1-2-21-11(20)6(12(16,17)18)5-19-8-4-3-7(13)9(14)10(8)15/h3-5,19H,2H2,1H3/b6-5+. The number of halogens is 6. The zero-order valence-corrected chi connectivity index (χ0v) is 10.5. The van der Waals surface area contributed by atoms with Gasteiger partial charge in [-0.2, -0.15) is 13.2 Å². The van der Waals surface area contributed by atoms with Crippen LogP contribution in [0.5, 0.6) is 0 Å². The molecule has 3 nitrogen and oxygen atoms in total. The second-order valence-electron chi connectivity index (χ2n) is 3.64. The highest BCUT2D eigenvalue weighted by Gasteiger charge is 2.40. The number of carbonyl (C=O) groups is 1. The van der Waals surface area contributed by atoms with Gasteiger partial charge in [0.15, 0.2) is 23.0 Å². The average molecular weight is 313 g/mol. The van der Waals surface area contributed by atoms with Crippen molar-refractivity contribution in [1.82, 2.24) is 0 Å². The van der Waals surface area contributed by atoms with E-state index in [1.165, 1.54) is 6.92 Å². The van der Waals surface area contributed by atoms with Crippen molar-refractivity contribution < 1.29 is 35.9 Å². The first-order chi connectivity index (χ1) is 9.68. The van der Waals surface area contributed by atoms with E-state index >= 15 is 0 Å². The predicted octanol–water partition coefficient (Wildman–Crippen LogP) is 3.53. The summed E-state index contributed by atoms with van der Waals surface area (Å²) in [5.74, 6) is -6.74. The van der Waals surface area contributed by atoms with Crippen LogP contribution in [-0.4, -0.2) is 18.8 Å². The molecule has 1 rings (SSSR count). The van der Waals surface area contributed by atoms with Crippen molar-refractivity contribution in [1.29, 1.82) is 0 Å². The number of esters is 1. The third kappa shape index (κ3) is 4.14. The third-order valence-corrected chi connectivity index (χ3v) is 2.21. The monoisotopic (exact) mass is 313 g/mol. The second kappa shape index (κ2) is 6.51. The first kappa shape index (κ1) is 16.9. The van der Waals surface area contributed by atoms with Crippen LogP contribution in [0.2, 0.25) is 0 Å². The zero-order chi connectivity index (χ0) is 16.2. The summed E-state index contributed by atoms with van der Waals surface area (Å²) in [5.41, 5.74) is -2.51. The van der Waals surface area contributed by atoms with E-state index in [-0.39, 0.29) is 12.8 Å². The average Bonchev–Trinajstić information content (AvgIpc) is 2.37. The summed E-state index contributed by atoms with van der Waals surface area (Å²) in [6, 6.07) is 1.20. The van der Waals surface area contributed by atoms with Gasteiger partial charge in [0.25, 0.3) is 0 Å². The van der Waals surface area contributed by atoms with Crippen LogP contribution in [0, 0.1) is 17.5 Å². The van der Waals surface area contributed by atoms with E-state index in [0.717, 1.165) is 0 Å². The quantitative estimate of drug-likeness (QED) is 0.400. The summed E-state index contributed by atoms with van der Waals surface area (Å²) < 4.78 is 80.8. The van der Waals surface area contributed by atoms with Gasteiger partial charge in [0.05, 0.1) is 12.3 Å². The SMILES string of the molecule is CCOC(=O)/C(=C\Nc1ccc(F)c(F)c1F)C(F)(F)F. The van der Waals surface area contributed by atoms with Crippen LogP contribution < -0.4 is 5.32 Å². The highest BCUT2D eigenvalue weighted by atomic mass is 19.4. The van der Waals surface area contributed by atoms with E-state index in [1.54, 1.807) is 5.32 Å². The minimum atomic E-state index is -5.06. The van der Waals surface area contributed by atoms with Crippen molar-refractivity contribution in [3.8, 4) is 0 Å². The Balaban J connectivity index is 3.09. The Labute approximate surface area is 115 Å². The normalized spacial score (nSPS) is 12.2. The highest BCUT2D eigenvalue weighted by molar-refractivity contribution is 5.90. The maximum absolute atomic E-state index is 13.3. The Hall–Kier alpha value is -2.19. The molecule has 1 N–H and O–H groups in total. The molecule has 0 heterocycles. The Kier molecular flexibility index (Phi) is 5.23.